The monoisotopic (exact) mass is 1750 g/mol. The first kappa shape index (κ1) is 106. The Morgan fingerprint density at radius 1 is 0.598 bits per heavy atom. The number of urea groups is 1. The van der Waals surface area contributed by atoms with E-state index >= 15 is 0 Å². The molecule has 122 heavy (non-hydrogen) atoms. The van der Waals surface area contributed by atoms with Crippen LogP contribution < -0.4 is 108 Å². The van der Waals surface area contributed by atoms with Crippen LogP contribution in [0.15, 0.2) is 12.2 Å². The van der Waals surface area contributed by atoms with Gasteiger partial charge in [-0.2, -0.15) is 11.8 Å². The Hall–Kier alpha value is -9.69. The summed E-state index contributed by atoms with van der Waals surface area (Å²) < 4.78 is 5.59. The number of ketones is 1. The van der Waals surface area contributed by atoms with E-state index < -0.39 is 246 Å². The van der Waals surface area contributed by atoms with Crippen molar-refractivity contribution in [3.05, 3.63) is 12.2 Å². The van der Waals surface area contributed by atoms with Crippen LogP contribution >= 0.6 is 11.8 Å². The maximum Gasteiger partial charge on any atom is 0.315 e. The predicted octanol–water partition coefficient (Wildman–Crippen LogP) is -4.88. The number of aliphatic hydroxyl groups is 2. The van der Waals surface area contributed by atoms with Crippen LogP contribution in [0, 0.1) is 23.2 Å². The smallest absolute Gasteiger partial charge is 0.315 e. The Morgan fingerprint density at radius 3 is 1.75 bits per heavy atom. The predicted molar refractivity (Wildman–Crippen MR) is 448 cm³/mol. The third kappa shape index (κ3) is 36.4. The molecule has 3 rings (SSSR count). The van der Waals surface area contributed by atoms with Crippen molar-refractivity contribution >= 4 is 118 Å². The first-order valence-electron chi connectivity index (χ1n) is 41.8. The molecule has 0 aromatic rings. The topological polar surface area (TPSA) is 688 Å². The second-order valence-corrected chi connectivity index (χ2v) is 34.6. The minimum Gasteiger partial charge on any atom is -0.481 e. The third-order valence-electron chi connectivity index (χ3n) is 21.9. The number of carboxylic acid groups (broad SMARTS) is 1. The van der Waals surface area contributed by atoms with Crippen LogP contribution in [0.25, 0.3) is 0 Å². The Kier molecular flexibility index (Phi) is 45.4. The fraction of sp³-hybridized carbons (Fsp3) is 0.747. The molecule has 690 valence electrons. The van der Waals surface area contributed by atoms with Gasteiger partial charge < -0.3 is 128 Å². The number of thioether (sulfide) groups is 1. The summed E-state index contributed by atoms with van der Waals surface area (Å²) >= 11 is 1.80. The molecule has 3 aliphatic rings. The second-order valence-electron chi connectivity index (χ2n) is 33.3. The first-order chi connectivity index (χ1) is 57.0. The number of amides is 17. The molecule has 0 aromatic carbocycles. The lowest BCUT2D eigenvalue weighted by Gasteiger charge is -2.35. The molecule has 2 saturated heterocycles. The number of primary amides is 4. The van der Waals surface area contributed by atoms with Gasteiger partial charge in [-0.05, 0) is 117 Å². The molecule has 2 unspecified atom stereocenters. The van der Waals surface area contributed by atoms with Gasteiger partial charge in [0.2, 0.25) is 88.6 Å². The van der Waals surface area contributed by atoms with Crippen molar-refractivity contribution in [3.63, 3.8) is 0 Å². The Labute approximate surface area is 716 Å². The Morgan fingerprint density at radius 2 is 1.18 bits per heavy atom. The van der Waals surface area contributed by atoms with Crippen molar-refractivity contribution in [1.29, 1.82) is 0 Å². The molecule has 0 aliphatic carbocycles. The van der Waals surface area contributed by atoms with Crippen LogP contribution in [0.5, 0.6) is 0 Å². The van der Waals surface area contributed by atoms with Gasteiger partial charge in [0.05, 0.1) is 80.3 Å². The van der Waals surface area contributed by atoms with Gasteiger partial charge in [-0.3, -0.25) is 81.5 Å². The highest BCUT2D eigenvalue weighted by atomic mass is 32.2. The second kappa shape index (κ2) is 52.1. The van der Waals surface area contributed by atoms with Gasteiger partial charge in [0.15, 0.2) is 5.78 Å². The molecule has 17 amide bonds. The van der Waals surface area contributed by atoms with E-state index in [4.69, 9.17) is 33.4 Å². The maximum absolute atomic E-state index is 14.9. The normalized spacial score (nSPS) is 24.1. The average Bonchev–Trinajstić information content (AvgIpc) is 1.77. The quantitative estimate of drug-likeness (QED) is 0.0154. The van der Waals surface area contributed by atoms with Crippen molar-refractivity contribution in [2.45, 2.75) is 319 Å². The summed E-state index contributed by atoms with van der Waals surface area (Å²) in [5.41, 5.74) is 24.1. The number of carbonyl (C=O) groups is 18. The number of aliphatic carboxylic acids is 1. The molecule has 2 fully saturated rings. The van der Waals surface area contributed by atoms with Crippen molar-refractivity contribution in [2.75, 3.05) is 32.1 Å². The number of hydrogen-bond donors (Lipinski definition) is 23. The summed E-state index contributed by atoms with van der Waals surface area (Å²) in [7, 11) is 0. The minimum atomic E-state index is -2.04. The minimum absolute atomic E-state index is 0.0380. The zero-order valence-corrected chi connectivity index (χ0v) is 73.3. The molecule has 42 nitrogen and oxygen atoms in total. The molecule has 3 aliphatic heterocycles. The van der Waals surface area contributed by atoms with E-state index in [9.17, 15) is 102 Å². The molecule has 3 heterocycles. The SMILES string of the molecule is CC[C@H](C)[C@H](NC(C)[C@H](C)NC(C)[C@H](CC(N)=O)NC(=O)[C@H](CCC(N)=O)NC(=O)[C@@H](N)[C@@H](C)O)C(=O)N[C@@H](CC(=O)O)C(=O)N[C@@]1(C)CCC/C=C\CCC[C@@](C)(C(=O)N[C@H](C(=O)N[C@@H](CC(N)=O)C(=O)NCCOCCNC(=O)CCCC[C@@H]2SC[C@@H]3NC(=O)N[C@@H]32)C(C)C)CC(=O)[C@H](CC(N)=O)NC(=O)[C@H]([C@@H](C)O)NC(=O)[C@H](C(C)C)NC1=O. The largest absolute Gasteiger partial charge is 0.481 e. The van der Waals surface area contributed by atoms with E-state index in [1.165, 1.54) is 34.6 Å². The lowest BCUT2D eigenvalue weighted by molar-refractivity contribution is -0.142. The van der Waals surface area contributed by atoms with Gasteiger partial charge in [0, 0.05) is 67.9 Å². The molecule has 43 heteroatoms. The lowest BCUT2D eigenvalue weighted by atomic mass is 9.77. The summed E-state index contributed by atoms with van der Waals surface area (Å²) in [6.07, 6.45) is -0.619. The third-order valence-corrected chi connectivity index (χ3v) is 23.4. The molecule has 0 spiro atoms. The van der Waals surface area contributed by atoms with Gasteiger partial charge in [0.25, 0.3) is 0 Å². The van der Waals surface area contributed by atoms with E-state index in [2.05, 4.69) is 79.8 Å². The maximum atomic E-state index is 14.9. The number of ether oxygens (including phenoxy) is 1. The first-order valence-corrected chi connectivity index (χ1v) is 42.8. The highest BCUT2D eigenvalue weighted by Gasteiger charge is 2.46. The fourth-order valence-corrected chi connectivity index (χ4v) is 15.5. The number of allylic oxidation sites excluding steroid dienone is 2. The summed E-state index contributed by atoms with van der Waals surface area (Å²) in [4.78, 5) is 243. The number of nitrogens with two attached hydrogens (primary N) is 5. The van der Waals surface area contributed by atoms with Crippen LogP contribution in [0.3, 0.4) is 0 Å². The Bertz CT molecular complexity index is 3650. The highest BCUT2D eigenvalue weighted by Crippen LogP contribution is 2.34. The number of unbranched alkanes of at least 4 members (excludes halogenated alkanes) is 1. The Balaban J connectivity index is 1.90. The van der Waals surface area contributed by atoms with Crippen LogP contribution in [0.1, 0.15) is 206 Å². The average molecular weight is 1750 g/mol. The number of rotatable bonds is 47. The van der Waals surface area contributed by atoms with Crippen molar-refractivity contribution in [3.8, 4) is 0 Å². The number of Topliss-reactive ketones (excluding diaryl/α,β-unsaturated/α-hetero) is 1. The van der Waals surface area contributed by atoms with Gasteiger partial charge in [-0.25, -0.2) is 4.79 Å². The van der Waals surface area contributed by atoms with E-state index in [-0.39, 0.29) is 107 Å². The van der Waals surface area contributed by atoms with Gasteiger partial charge in [-0.1, -0.05) is 73.5 Å². The number of aliphatic hydroxyl groups excluding tert-OH is 2. The fourth-order valence-electron chi connectivity index (χ4n) is 14.0. The summed E-state index contributed by atoms with van der Waals surface area (Å²) in [5.74, 6) is -17.2. The molecule has 0 radical (unpaired) electrons. The number of fused-ring (bicyclic) bond motifs is 1. The van der Waals surface area contributed by atoms with Crippen molar-refractivity contribution in [1.82, 2.24) is 79.8 Å². The zero-order valence-electron chi connectivity index (χ0n) is 72.4. The van der Waals surface area contributed by atoms with E-state index in [0.717, 1.165) is 25.5 Å². The van der Waals surface area contributed by atoms with Crippen LogP contribution in [-0.2, 0) is 86.2 Å². The standard InChI is InChI=1S/C79H136N20O22S/c1-14-41(6)64(88-43(8)42(7)87-44(9)48(33-56(81)104)90-68(111)47(25-26-55(80)103)89-70(113)61(84)45(10)100)73(116)93-51(36-60(108)109)69(112)99-79(13)28-22-18-16-15-17-21-27-78(12,37-53(102)49(34-57(82)105)91-74(117)65(46(11)101)95-72(115)63(40(4)5)97-76(79)119)75(118)96-62(39(2)3)71(114)92-50(35-58(83)106)67(110)86-30-32-121-31-29-85-59(107)24-20-19-23-54-66-52(38-122-54)94-77(120)98-66/h15-16,39-52,54,61-66,87-88,100-101H,14,17-38,84H2,1-13H3,(H2,80,103)(H2,81,104)(H2,82,105)(H2,83,106)(H,85,107)(H,86,110)(H,89,113)(H,90,111)(H,91,117)(H,92,114)(H,93,116)(H,95,115)(H,96,118)(H,97,119)(H,99,112)(H,108,109)(H2,94,98,120)/b16-15-/t41-,42-,43?,44?,45+,46+,47-,48-,49-,50-,51-,52-,54-,61-,62-,63-,64-,65-,66-,78+,79-/m0/s1. The number of hydrogen-bond acceptors (Lipinski definition) is 25. The lowest BCUT2D eigenvalue weighted by Crippen LogP contribution is -2.65. The van der Waals surface area contributed by atoms with Gasteiger partial charge in [0.1, 0.15) is 47.8 Å². The number of carbonyl (C=O) groups excluding carboxylic acids is 17. The van der Waals surface area contributed by atoms with Gasteiger partial charge in [-0.15, -0.1) is 0 Å². The summed E-state index contributed by atoms with van der Waals surface area (Å²) in [6, 6.07) is -17.3. The van der Waals surface area contributed by atoms with Crippen molar-refractivity contribution in [2.24, 2.45) is 51.8 Å². The molecule has 0 bridgehead atoms. The number of carboxylic acids is 1. The van der Waals surface area contributed by atoms with Gasteiger partial charge >= 0.3 is 12.0 Å². The zero-order chi connectivity index (χ0) is 92.2. The van der Waals surface area contributed by atoms with E-state index in [1.807, 2.05) is 0 Å². The number of nitrogens with one attached hydrogen (secondary N) is 15. The molecule has 28 N–H and O–H groups in total. The molecule has 21 atom stereocenters. The van der Waals surface area contributed by atoms with Crippen LogP contribution in [0.2, 0.25) is 0 Å². The van der Waals surface area contributed by atoms with Crippen molar-refractivity contribution < 1.29 is 106 Å². The van der Waals surface area contributed by atoms with E-state index in [0.29, 0.717) is 19.3 Å². The molecular formula is C79H136N20O22S. The highest BCUT2D eigenvalue weighted by molar-refractivity contribution is 8.00. The van der Waals surface area contributed by atoms with Crippen LogP contribution in [-0.4, -0.2) is 267 Å². The molecular weight excluding hydrogens is 1610 g/mol. The molecule has 0 aromatic heterocycles. The summed E-state index contributed by atoms with van der Waals surface area (Å²) in [5, 5.41) is 72.2. The summed E-state index contributed by atoms with van der Waals surface area (Å²) in [6.45, 7) is 19.9. The van der Waals surface area contributed by atoms with E-state index in [1.54, 1.807) is 72.4 Å². The van der Waals surface area contributed by atoms with Crippen LogP contribution in [0.4, 0.5) is 4.79 Å². The molecule has 0 saturated carbocycles.